The van der Waals surface area contributed by atoms with Crippen LogP contribution in [-0.4, -0.2) is 42.6 Å². The van der Waals surface area contributed by atoms with E-state index < -0.39 is 5.60 Å². The van der Waals surface area contributed by atoms with E-state index in [0.717, 1.165) is 32.2 Å². The van der Waals surface area contributed by atoms with Crippen LogP contribution in [0.4, 0.5) is 0 Å². The topological polar surface area (TPSA) is 52.6 Å². The van der Waals surface area contributed by atoms with Crippen LogP contribution in [0, 0.1) is 17.8 Å². The number of amides is 1. The number of rotatable bonds is 6. The van der Waals surface area contributed by atoms with E-state index in [4.69, 9.17) is 0 Å². The van der Waals surface area contributed by atoms with Gasteiger partial charge in [0.05, 0.1) is 13.1 Å². The zero-order valence-electron chi connectivity index (χ0n) is 15.8. The van der Waals surface area contributed by atoms with Gasteiger partial charge in [-0.2, -0.15) is 0 Å². The molecule has 0 aliphatic heterocycles. The SMILES string of the molecule is CCN(C)CC#CCNC(=O)C(O)(c1ccccc1)C1CCCCC1.Cl. The quantitative estimate of drug-likeness (QED) is 0.748. The second kappa shape index (κ2) is 11.2. The predicted octanol–water partition coefficient (Wildman–Crippen LogP) is 2.95. The van der Waals surface area contributed by atoms with Crippen molar-refractivity contribution in [2.45, 2.75) is 44.6 Å². The van der Waals surface area contributed by atoms with Crippen LogP contribution in [0.1, 0.15) is 44.6 Å². The fourth-order valence-corrected chi connectivity index (χ4v) is 3.39. The second-order valence-corrected chi connectivity index (χ2v) is 6.83. The molecule has 5 heteroatoms. The van der Waals surface area contributed by atoms with E-state index in [1.165, 1.54) is 6.42 Å². The Morgan fingerprint density at radius 3 is 2.50 bits per heavy atom. The van der Waals surface area contributed by atoms with Crippen LogP contribution in [-0.2, 0) is 10.4 Å². The molecule has 1 aliphatic carbocycles. The van der Waals surface area contributed by atoms with Crippen LogP contribution < -0.4 is 5.32 Å². The molecule has 1 atom stereocenters. The molecule has 0 heterocycles. The van der Waals surface area contributed by atoms with E-state index in [1.54, 1.807) is 0 Å². The van der Waals surface area contributed by atoms with Gasteiger partial charge in [0.2, 0.25) is 0 Å². The highest BCUT2D eigenvalue weighted by Gasteiger charge is 2.45. The molecule has 1 unspecified atom stereocenters. The summed E-state index contributed by atoms with van der Waals surface area (Å²) in [6, 6.07) is 9.33. The molecule has 1 saturated carbocycles. The normalized spacial score (nSPS) is 16.8. The van der Waals surface area contributed by atoms with Crippen LogP contribution in [0.2, 0.25) is 0 Å². The summed E-state index contributed by atoms with van der Waals surface area (Å²) in [6.45, 7) is 3.96. The third-order valence-corrected chi connectivity index (χ3v) is 5.11. The Hall–Kier alpha value is -1.54. The molecule has 0 spiro atoms. The van der Waals surface area contributed by atoms with E-state index in [9.17, 15) is 9.90 Å². The molecule has 1 aromatic rings. The number of hydrogen-bond acceptors (Lipinski definition) is 3. The van der Waals surface area contributed by atoms with Gasteiger partial charge in [0.25, 0.3) is 5.91 Å². The van der Waals surface area contributed by atoms with Crippen LogP contribution in [0.15, 0.2) is 30.3 Å². The van der Waals surface area contributed by atoms with Gasteiger partial charge in [-0.15, -0.1) is 12.4 Å². The highest BCUT2D eigenvalue weighted by Crippen LogP contribution is 2.39. The number of hydrogen-bond donors (Lipinski definition) is 2. The van der Waals surface area contributed by atoms with E-state index in [1.807, 2.05) is 37.4 Å². The minimum atomic E-state index is -1.47. The molecule has 0 saturated heterocycles. The van der Waals surface area contributed by atoms with Crippen molar-refractivity contribution in [2.75, 3.05) is 26.7 Å². The van der Waals surface area contributed by atoms with Gasteiger partial charge in [0, 0.05) is 5.92 Å². The summed E-state index contributed by atoms with van der Waals surface area (Å²) < 4.78 is 0. The van der Waals surface area contributed by atoms with Gasteiger partial charge in [-0.1, -0.05) is 68.4 Å². The first kappa shape index (κ1) is 22.5. The molecule has 2 rings (SSSR count). The number of benzene rings is 1. The highest BCUT2D eigenvalue weighted by atomic mass is 35.5. The first-order chi connectivity index (χ1) is 12.1. The molecule has 1 aliphatic rings. The van der Waals surface area contributed by atoms with Crippen LogP contribution >= 0.6 is 12.4 Å². The molecule has 0 bridgehead atoms. The number of aliphatic hydroxyl groups is 1. The highest BCUT2D eigenvalue weighted by molar-refractivity contribution is 5.87. The molecule has 1 fully saturated rings. The lowest BCUT2D eigenvalue weighted by Gasteiger charge is -2.37. The Balaban J connectivity index is 0.00000338. The first-order valence-corrected chi connectivity index (χ1v) is 9.29. The maximum atomic E-state index is 12.9. The summed E-state index contributed by atoms with van der Waals surface area (Å²) in [5.41, 5.74) is -0.790. The Bertz CT molecular complexity index is 605. The lowest BCUT2D eigenvalue weighted by molar-refractivity contribution is -0.149. The monoisotopic (exact) mass is 378 g/mol. The average Bonchev–Trinajstić information content (AvgIpc) is 2.68. The molecule has 4 nitrogen and oxygen atoms in total. The Morgan fingerprint density at radius 2 is 1.88 bits per heavy atom. The fourth-order valence-electron chi connectivity index (χ4n) is 3.39. The van der Waals surface area contributed by atoms with Crippen LogP contribution in [0.3, 0.4) is 0 Å². The van der Waals surface area contributed by atoms with E-state index >= 15 is 0 Å². The summed E-state index contributed by atoms with van der Waals surface area (Å²) in [5.74, 6) is 5.65. The lowest BCUT2D eigenvalue weighted by Crippen LogP contribution is -2.50. The largest absolute Gasteiger partial charge is 0.375 e. The van der Waals surface area contributed by atoms with Gasteiger partial charge in [0.1, 0.15) is 0 Å². The maximum absolute atomic E-state index is 12.9. The zero-order chi connectivity index (χ0) is 18.1. The molecule has 144 valence electrons. The number of nitrogens with one attached hydrogen (secondary N) is 1. The summed E-state index contributed by atoms with van der Waals surface area (Å²) in [5, 5.41) is 14.2. The van der Waals surface area contributed by atoms with Crippen molar-refractivity contribution in [3.8, 4) is 11.8 Å². The van der Waals surface area contributed by atoms with Crippen molar-refractivity contribution in [1.82, 2.24) is 10.2 Å². The number of carbonyl (C=O) groups is 1. The minimum Gasteiger partial charge on any atom is -0.375 e. The summed E-state index contributed by atoms with van der Waals surface area (Å²) in [6.07, 6.45) is 5.07. The molecule has 0 aromatic heterocycles. The molecule has 0 radical (unpaired) electrons. The second-order valence-electron chi connectivity index (χ2n) is 6.83. The van der Waals surface area contributed by atoms with Gasteiger partial charge in [-0.3, -0.25) is 9.69 Å². The molecule has 1 aromatic carbocycles. The number of halogens is 1. The summed E-state index contributed by atoms with van der Waals surface area (Å²) >= 11 is 0. The summed E-state index contributed by atoms with van der Waals surface area (Å²) in [7, 11) is 2.00. The van der Waals surface area contributed by atoms with E-state index in [0.29, 0.717) is 12.1 Å². The average molecular weight is 379 g/mol. The lowest BCUT2D eigenvalue weighted by atomic mass is 9.73. The molecular weight excluding hydrogens is 348 g/mol. The Morgan fingerprint density at radius 1 is 1.23 bits per heavy atom. The smallest absolute Gasteiger partial charge is 0.257 e. The molecule has 1 amide bonds. The molecule has 2 N–H and O–H groups in total. The van der Waals surface area contributed by atoms with Crippen molar-refractivity contribution in [3.05, 3.63) is 35.9 Å². The van der Waals surface area contributed by atoms with Crippen molar-refractivity contribution < 1.29 is 9.90 Å². The van der Waals surface area contributed by atoms with Gasteiger partial charge >= 0.3 is 0 Å². The van der Waals surface area contributed by atoms with E-state index in [-0.39, 0.29) is 30.8 Å². The predicted molar refractivity (Wildman–Crippen MR) is 108 cm³/mol. The van der Waals surface area contributed by atoms with E-state index in [2.05, 4.69) is 29.0 Å². The van der Waals surface area contributed by atoms with Gasteiger partial charge in [-0.25, -0.2) is 0 Å². The third kappa shape index (κ3) is 5.74. The van der Waals surface area contributed by atoms with Gasteiger partial charge in [0.15, 0.2) is 5.60 Å². The maximum Gasteiger partial charge on any atom is 0.257 e. The Labute approximate surface area is 163 Å². The van der Waals surface area contributed by atoms with Crippen LogP contribution in [0.25, 0.3) is 0 Å². The first-order valence-electron chi connectivity index (χ1n) is 9.29. The third-order valence-electron chi connectivity index (χ3n) is 5.11. The Kier molecular flexibility index (Phi) is 9.72. The van der Waals surface area contributed by atoms with Crippen molar-refractivity contribution in [1.29, 1.82) is 0 Å². The van der Waals surface area contributed by atoms with Crippen molar-refractivity contribution in [2.24, 2.45) is 5.92 Å². The van der Waals surface area contributed by atoms with Gasteiger partial charge in [-0.05, 0) is 32.0 Å². The van der Waals surface area contributed by atoms with Crippen LogP contribution in [0.5, 0.6) is 0 Å². The standard InChI is InChI=1S/C21H30N2O2.ClH/c1-3-23(2)17-11-10-16-22-20(24)21(25,18-12-6-4-7-13-18)19-14-8-5-9-15-19;/h4,6-7,12-13,19,25H,3,5,8-9,14-17H2,1-2H3,(H,22,24);1H. The van der Waals surface area contributed by atoms with Gasteiger partial charge < -0.3 is 10.4 Å². The number of carbonyl (C=O) groups excluding carboxylic acids is 1. The summed E-state index contributed by atoms with van der Waals surface area (Å²) in [4.78, 5) is 15.0. The molecule has 26 heavy (non-hydrogen) atoms. The van der Waals surface area contributed by atoms with Crippen molar-refractivity contribution in [3.63, 3.8) is 0 Å². The minimum absolute atomic E-state index is 0. The molecular formula is C21H31ClN2O2. The zero-order valence-corrected chi connectivity index (χ0v) is 16.6. The fraction of sp³-hybridized carbons (Fsp3) is 0.571. The van der Waals surface area contributed by atoms with Crippen molar-refractivity contribution >= 4 is 18.3 Å². The number of nitrogens with zero attached hydrogens (tertiary/aromatic N) is 1.